The SMILES string of the molecule is CC(C)C(CN)C(=O)NCC(C)N1CCCC1. The van der Waals surface area contributed by atoms with Gasteiger partial charge in [0.2, 0.25) is 5.91 Å². The lowest BCUT2D eigenvalue weighted by Crippen LogP contribution is -2.44. The van der Waals surface area contributed by atoms with Gasteiger partial charge in [0.05, 0.1) is 5.92 Å². The molecule has 2 atom stereocenters. The molecule has 4 heteroatoms. The van der Waals surface area contributed by atoms with Crippen molar-refractivity contribution in [3.63, 3.8) is 0 Å². The van der Waals surface area contributed by atoms with Crippen LogP contribution >= 0.6 is 0 Å². The molecule has 17 heavy (non-hydrogen) atoms. The van der Waals surface area contributed by atoms with Crippen molar-refractivity contribution < 1.29 is 4.79 Å². The van der Waals surface area contributed by atoms with Crippen LogP contribution < -0.4 is 11.1 Å². The predicted octanol–water partition coefficient (Wildman–Crippen LogP) is 0.818. The van der Waals surface area contributed by atoms with Crippen LogP contribution in [0, 0.1) is 11.8 Å². The fourth-order valence-electron chi connectivity index (χ4n) is 2.37. The molecule has 1 amide bonds. The fraction of sp³-hybridized carbons (Fsp3) is 0.923. The van der Waals surface area contributed by atoms with Crippen LogP contribution in [0.3, 0.4) is 0 Å². The average molecular weight is 241 g/mol. The largest absolute Gasteiger partial charge is 0.354 e. The van der Waals surface area contributed by atoms with Crippen molar-refractivity contribution in [2.75, 3.05) is 26.2 Å². The third kappa shape index (κ3) is 4.28. The molecule has 0 radical (unpaired) electrons. The molecule has 0 bridgehead atoms. The van der Waals surface area contributed by atoms with E-state index in [1.807, 2.05) is 13.8 Å². The molecular weight excluding hydrogens is 214 g/mol. The summed E-state index contributed by atoms with van der Waals surface area (Å²) in [7, 11) is 0. The topological polar surface area (TPSA) is 58.4 Å². The number of likely N-dealkylation sites (tertiary alicyclic amines) is 1. The van der Waals surface area contributed by atoms with Crippen LogP contribution in [-0.2, 0) is 4.79 Å². The molecule has 2 unspecified atom stereocenters. The number of rotatable bonds is 6. The van der Waals surface area contributed by atoms with E-state index in [0.29, 0.717) is 18.5 Å². The Balaban J connectivity index is 2.31. The lowest BCUT2D eigenvalue weighted by Gasteiger charge is -2.25. The Morgan fingerprint density at radius 1 is 1.29 bits per heavy atom. The quantitative estimate of drug-likeness (QED) is 0.724. The maximum absolute atomic E-state index is 11.9. The Morgan fingerprint density at radius 3 is 2.35 bits per heavy atom. The Kier molecular flexibility index (Phi) is 5.92. The van der Waals surface area contributed by atoms with Crippen molar-refractivity contribution >= 4 is 5.91 Å². The van der Waals surface area contributed by atoms with Gasteiger partial charge in [0, 0.05) is 19.1 Å². The summed E-state index contributed by atoms with van der Waals surface area (Å²) in [5, 5.41) is 3.03. The lowest BCUT2D eigenvalue weighted by molar-refractivity contribution is -0.126. The van der Waals surface area contributed by atoms with Gasteiger partial charge in [-0.25, -0.2) is 0 Å². The van der Waals surface area contributed by atoms with Crippen LogP contribution in [0.2, 0.25) is 0 Å². The first kappa shape index (κ1) is 14.5. The second kappa shape index (κ2) is 6.97. The predicted molar refractivity (Wildman–Crippen MR) is 70.7 cm³/mol. The second-order valence-electron chi connectivity index (χ2n) is 5.42. The zero-order chi connectivity index (χ0) is 12.8. The van der Waals surface area contributed by atoms with Crippen molar-refractivity contribution in [1.82, 2.24) is 10.2 Å². The highest BCUT2D eigenvalue weighted by Gasteiger charge is 2.22. The van der Waals surface area contributed by atoms with E-state index in [0.717, 1.165) is 6.54 Å². The smallest absolute Gasteiger partial charge is 0.224 e. The summed E-state index contributed by atoms with van der Waals surface area (Å²) in [5.41, 5.74) is 5.63. The highest BCUT2D eigenvalue weighted by molar-refractivity contribution is 5.79. The Hall–Kier alpha value is -0.610. The minimum Gasteiger partial charge on any atom is -0.354 e. The van der Waals surface area contributed by atoms with Gasteiger partial charge < -0.3 is 11.1 Å². The maximum Gasteiger partial charge on any atom is 0.224 e. The molecule has 0 spiro atoms. The minimum atomic E-state index is -0.0548. The van der Waals surface area contributed by atoms with Crippen molar-refractivity contribution in [2.24, 2.45) is 17.6 Å². The fourth-order valence-corrected chi connectivity index (χ4v) is 2.37. The van der Waals surface area contributed by atoms with E-state index in [1.165, 1.54) is 25.9 Å². The van der Waals surface area contributed by atoms with Gasteiger partial charge in [-0.2, -0.15) is 0 Å². The summed E-state index contributed by atoms with van der Waals surface area (Å²) >= 11 is 0. The zero-order valence-corrected chi connectivity index (χ0v) is 11.4. The number of carbonyl (C=O) groups excluding carboxylic acids is 1. The molecule has 1 heterocycles. The number of carbonyl (C=O) groups is 1. The van der Waals surface area contributed by atoms with Gasteiger partial charge in [-0.05, 0) is 38.8 Å². The summed E-state index contributed by atoms with van der Waals surface area (Å²) in [6.45, 7) is 9.77. The zero-order valence-electron chi connectivity index (χ0n) is 11.4. The second-order valence-corrected chi connectivity index (χ2v) is 5.42. The molecule has 1 aliphatic rings. The van der Waals surface area contributed by atoms with Crippen LogP contribution in [0.4, 0.5) is 0 Å². The first-order valence-corrected chi connectivity index (χ1v) is 6.78. The van der Waals surface area contributed by atoms with Gasteiger partial charge >= 0.3 is 0 Å². The molecule has 1 rings (SSSR count). The summed E-state index contributed by atoms with van der Waals surface area (Å²) in [6, 6.07) is 0.437. The molecule has 100 valence electrons. The minimum absolute atomic E-state index is 0.0548. The van der Waals surface area contributed by atoms with Crippen molar-refractivity contribution in [3.8, 4) is 0 Å². The standard InChI is InChI=1S/C13H27N3O/c1-10(2)12(8-14)13(17)15-9-11(3)16-6-4-5-7-16/h10-12H,4-9,14H2,1-3H3,(H,15,17). The third-order valence-corrected chi connectivity index (χ3v) is 3.73. The van der Waals surface area contributed by atoms with Gasteiger partial charge in [0.1, 0.15) is 0 Å². The molecule has 0 aromatic heterocycles. The highest BCUT2D eigenvalue weighted by atomic mass is 16.1. The lowest BCUT2D eigenvalue weighted by atomic mass is 9.95. The van der Waals surface area contributed by atoms with Crippen molar-refractivity contribution in [3.05, 3.63) is 0 Å². The van der Waals surface area contributed by atoms with Crippen LogP contribution in [0.25, 0.3) is 0 Å². The molecule has 0 aromatic carbocycles. The number of hydrogen-bond donors (Lipinski definition) is 2. The van der Waals surface area contributed by atoms with E-state index in [-0.39, 0.29) is 11.8 Å². The number of nitrogens with one attached hydrogen (secondary N) is 1. The van der Waals surface area contributed by atoms with E-state index in [9.17, 15) is 4.79 Å². The molecule has 3 N–H and O–H groups in total. The van der Waals surface area contributed by atoms with Crippen LogP contribution in [0.5, 0.6) is 0 Å². The first-order valence-electron chi connectivity index (χ1n) is 6.78. The molecular formula is C13H27N3O. The molecule has 0 saturated carbocycles. The van der Waals surface area contributed by atoms with Crippen molar-refractivity contribution in [1.29, 1.82) is 0 Å². The maximum atomic E-state index is 11.9. The monoisotopic (exact) mass is 241 g/mol. The number of nitrogens with zero attached hydrogens (tertiary/aromatic N) is 1. The van der Waals surface area contributed by atoms with Crippen LogP contribution in [-0.4, -0.2) is 43.0 Å². The van der Waals surface area contributed by atoms with Crippen molar-refractivity contribution in [2.45, 2.75) is 39.7 Å². The third-order valence-electron chi connectivity index (χ3n) is 3.73. The number of amides is 1. The summed E-state index contributed by atoms with van der Waals surface area (Å²) in [5.74, 6) is 0.358. The van der Waals surface area contributed by atoms with Gasteiger partial charge in [-0.3, -0.25) is 9.69 Å². The van der Waals surface area contributed by atoms with E-state index in [2.05, 4.69) is 17.1 Å². The van der Waals surface area contributed by atoms with E-state index >= 15 is 0 Å². The molecule has 0 aliphatic carbocycles. The van der Waals surface area contributed by atoms with Gasteiger partial charge in [0.25, 0.3) is 0 Å². The summed E-state index contributed by atoms with van der Waals surface area (Å²) in [4.78, 5) is 14.4. The normalized spacial score (nSPS) is 20.5. The van der Waals surface area contributed by atoms with Crippen LogP contribution in [0.1, 0.15) is 33.6 Å². The molecule has 4 nitrogen and oxygen atoms in total. The van der Waals surface area contributed by atoms with E-state index < -0.39 is 0 Å². The van der Waals surface area contributed by atoms with Gasteiger partial charge in [-0.1, -0.05) is 13.8 Å². The Bertz CT molecular complexity index is 237. The Morgan fingerprint density at radius 2 is 1.88 bits per heavy atom. The first-order chi connectivity index (χ1) is 8.06. The summed E-state index contributed by atoms with van der Waals surface area (Å²) in [6.07, 6.45) is 2.57. The number of nitrogens with two attached hydrogens (primary N) is 1. The van der Waals surface area contributed by atoms with Crippen LogP contribution in [0.15, 0.2) is 0 Å². The highest BCUT2D eigenvalue weighted by Crippen LogP contribution is 2.12. The molecule has 0 aromatic rings. The Labute approximate surface area is 105 Å². The summed E-state index contributed by atoms with van der Waals surface area (Å²) < 4.78 is 0. The average Bonchev–Trinajstić information content (AvgIpc) is 2.79. The van der Waals surface area contributed by atoms with Gasteiger partial charge in [-0.15, -0.1) is 0 Å². The van der Waals surface area contributed by atoms with E-state index in [1.54, 1.807) is 0 Å². The molecule has 1 fully saturated rings. The van der Waals surface area contributed by atoms with Gasteiger partial charge in [0.15, 0.2) is 0 Å². The molecule has 1 aliphatic heterocycles. The molecule has 1 saturated heterocycles. The van der Waals surface area contributed by atoms with E-state index in [4.69, 9.17) is 5.73 Å². The number of hydrogen-bond acceptors (Lipinski definition) is 3.